The Bertz CT molecular complexity index is 3140. The smallest absolute Gasteiger partial charge is 0.164 e. The van der Waals surface area contributed by atoms with Crippen LogP contribution in [0.25, 0.3) is 61.7 Å². The minimum absolute atomic E-state index is 0.158. The highest BCUT2D eigenvalue weighted by Crippen LogP contribution is 2.63. The summed E-state index contributed by atoms with van der Waals surface area (Å²) in [6.45, 7) is 0. The van der Waals surface area contributed by atoms with Crippen molar-refractivity contribution in [3.63, 3.8) is 0 Å². The summed E-state index contributed by atoms with van der Waals surface area (Å²) >= 11 is 0. The molecule has 0 fully saturated rings. The Hall–Kier alpha value is -7.69. The molecule has 0 bridgehead atoms. The van der Waals surface area contributed by atoms with Crippen LogP contribution in [0.3, 0.4) is 0 Å². The molecule has 2 heterocycles. The molecule has 8 aromatic carbocycles. The molecule has 1 atom stereocenters. The van der Waals surface area contributed by atoms with Gasteiger partial charge in [-0.25, -0.2) is 15.0 Å². The van der Waals surface area contributed by atoms with Gasteiger partial charge in [0.15, 0.2) is 11.6 Å². The van der Waals surface area contributed by atoms with E-state index in [1.807, 2.05) is 6.07 Å². The first kappa shape index (κ1) is 36.2. The average Bonchev–Trinajstić information content (AvgIpc) is 3.65. The van der Waals surface area contributed by atoms with Gasteiger partial charge in [-0.05, 0) is 75.4 Å². The van der Waals surface area contributed by atoms with Crippen LogP contribution in [0, 0.1) is 0 Å². The average molecular weight is 796 g/mol. The largest absolute Gasteiger partial charge is 0.456 e. The summed E-state index contributed by atoms with van der Waals surface area (Å²) in [5, 5.41) is 0. The van der Waals surface area contributed by atoms with Crippen LogP contribution in [0.4, 0.5) is 0 Å². The van der Waals surface area contributed by atoms with Crippen molar-refractivity contribution in [3.05, 3.63) is 240 Å². The predicted molar refractivity (Wildman–Crippen MR) is 250 cm³/mol. The zero-order valence-electron chi connectivity index (χ0n) is 34.1. The van der Waals surface area contributed by atoms with E-state index < -0.39 is 5.41 Å². The fourth-order valence-corrected chi connectivity index (χ4v) is 10.3. The molecule has 9 aromatic rings. The van der Waals surface area contributed by atoms with Crippen LogP contribution in [0.2, 0.25) is 0 Å². The van der Waals surface area contributed by atoms with Crippen molar-refractivity contribution in [1.82, 2.24) is 15.0 Å². The lowest BCUT2D eigenvalue weighted by Gasteiger charge is -2.40. The van der Waals surface area contributed by atoms with Gasteiger partial charge in [0.05, 0.1) is 5.41 Å². The number of ether oxygens (including phenoxy) is 1. The molecule has 62 heavy (non-hydrogen) atoms. The number of rotatable bonds is 6. The second-order valence-corrected chi connectivity index (χ2v) is 16.5. The summed E-state index contributed by atoms with van der Waals surface area (Å²) in [4.78, 5) is 16.0. The molecule has 1 unspecified atom stereocenters. The van der Waals surface area contributed by atoms with E-state index in [9.17, 15) is 0 Å². The first-order valence-corrected chi connectivity index (χ1v) is 21.6. The lowest BCUT2D eigenvalue weighted by molar-refractivity contribution is 0.438. The molecule has 0 saturated carbocycles. The van der Waals surface area contributed by atoms with Crippen molar-refractivity contribution in [3.8, 4) is 67.7 Å². The zero-order chi connectivity index (χ0) is 41.0. The Labute approximate surface area is 362 Å². The minimum atomic E-state index is -0.561. The first-order chi connectivity index (χ1) is 30.7. The molecule has 0 saturated heterocycles. The number of allylic oxidation sites excluding steroid dienone is 2. The van der Waals surface area contributed by atoms with Crippen molar-refractivity contribution in [2.24, 2.45) is 0 Å². The molecular formula is C58H41N3O. The third kappa shape index (κ3) is 5.78. The maximum Gasteiger partial charge on any atom is 0.164 e. The third-order valence-electron chi connectivity index (χ3n) is 13.2. The van der Waals surface area contributed by atoms with E-state index >= 15 is 0 Å². The molecule has 2 aliphatic carbocycles. The Morgan fingerprint density at radius 3 is 1.63 bits per heavy atom. The van der Waals surface area contributed by atoms with Gasteiger partial charge >= 0.3 is 0 Å². The minimum Gasteiger partial charge on any atom is -0.456 e. The van der Waals surface area contributed by atoms with Crippen molar-refractivity contribution < 1.29 is 4.74 Å². The van der Waals surface area contributed by atoms with E-state index in [1.54, 1.807) is 0 Å². The molecule has 0 radical (unpaired) electrons. The highest BCUT2D eigenvalue weighted by Gasteiger charge is 2.51. The molecular weight excluding hydrogens is 755 g/mol. The van der Waals surface area contributed by atoms with Gasteiger partial charge in [-0.3, -0.25) is 0 Å². The van der Waals surface area contributed by atoms with E-state index in [0.717, 1.165) is 75.5 Å². The van der Waals surface area contributed by atoms with E-state index in [4.69, 9.17) is 19.7 Å². The number of para-hydroxylation sites is 2. The number of benzene rings is 8. The van der Waals surface area contributed by atoms with Crippen molar-refractivity contribution in [2.75, 3.05) is 0 Å². The number of nitrogens with zero attached hydrogens (tertiary/aromatic N) is 3. The molecule has 4 nitrogen and oxygen atoms in total. The Kier molecular flexibility index (Phi) is 8.63. The number of hydrogen-bond donors (Lipinski definition) is 0. The van der Waals surface area contributed by atoms with Gasteiger partial charge < -0.3 is 4.74 Å². The monoisotopic (exact) mass is 795 g/mol. The summed E-state index contributed by atoms with van der Waals surface area (Å²) < 4.78 is 7.12. The van der Waals surface area contributed by atoms with Crippen LogP contribution in [0.15, 0.2) is 206 Å². The van der Waals surface area contributed by atoms with Crippen molar-refractivity contribution in [2.45, 2.75) is 30.6 Å². The van der Waals surface area contributed by atoms with Gasteiger partial charge in [-0.2, -0.15) is 0 Å². The lowest BCUT2D eigenvalue weighted by Crippen LogP contribution is -2.32. The molecule has 4 heteroatoms. The summed E-state index contributed by atoms with van der Waals surface area (Å²) in [5.74, 6) is 4.03. The van der Waals surface area contributed by atoms with E-state index in [-0.39, 0.29) is 5.92 Å². The van der Waals surface area contributed by atoms with Gasteiger partial charge in [-0.1, -0.05) is 200 Å². The lowest BCUT2D eigenvalue weighted by atomic mass is 9.65. The number of fused-ring (bicyclic) bond motifs is 9. The molecule has 1 aliphatic heterocycles. The SMILES string of the molecule is C1=C(c2ccccc2)CCC(c2nc(-c3ccc(-c4ccccc4)cc3)nc(-c3ccccc3-c3cccc4c3Oc3ccccc3C43c4ccccc4-c4ccccc43)n2)C1. The van der Waals surface area contributed by atoms with Gasteiger partial charge in [0, 0.05) is 33.7 Å². The molecule has 0 N–H and O–H groups in total. The van der Waals surface area contributed by atoms with Gasteiger partial charge in [0.25, 0.3) is 0 Å². The third-order valence-corrected chi connectivity index (χ3v) is 13.2. The Balaban J connectivity index is 1.02. The topological polar surface area (TPSA) is 47.9 Å². The van der Waals surface area contributed by atoms with Crippen molar-refractivity contribution >= 4 is 5.57 Å². The quantitative estimate of drug-likeness (QED) is 0.168. The number of hydrogen-bond acceptors (Lipinski definition) is 4. The maximum atomic E-state index is 7.12. The van der Waals surface area contributed by atoms with E-state index in [1.165, 1.54) is 39.0 Å². The summed E-state index contributed by atoms with van der Waals surface area (Å²) in [6.07, 6.45) is 5.18. The maximum absolute atomic E-state index is 7.12. The predicted octanol–water partition coefficient (Wildman–Crippen LogP) is 14.4. The molecule has 1 aromatic heterocycles. The normalized spacial score (nSPS) is 15.4. The van der Waals surface area contributed by atoms with Crippen LogP contribution >= 0.6 is 0 Å². The summed E-state index contributed by atoms with van der Waals surface area (Å²) in [5.41, 5.74) is 15.7. The molecule has 294 valence electrons. The molecule has 12 rings (SSSR count). The van der Waals surface area contributed by atoms with Crippen LogP contribution in [0.5, 0.6) is 11.5 Å². The van der Waals surface area contributed by atoms with Crippen LogP contribution in [-0.2, 0) is 5.41 Å². The standard InChI is InChI=1S/C58H41N3O/c1-3-16-38(17-4-1)40-30-34-42(35-31-40)55-59-56(43-36-32-41(33-37-43)39-18-5-2-6-19-39)61-57(60-55)48-23-8-7-20-44(48)47-24-15-28-52-54(47)62-53-29-14-13-27-51(53)58(52)49-25-11-9-21-45(49)46-22-10-12-26-50(46)58/h1-32,34-35,43H,33,36-37H2. The van der Waals surface area contributed by atoms with Gasteiger partial charge in [0.1, 0.15) is 17.3 Å². The fraction of sp³-hybridized carbons (Fsp3) is 0.0862. The van der Waals surface area contributed by atoms with Crippen LogP contribution in [-0.4, -0.2) is 15.0 Å². The van der Waals surface area contributed by atoms with E-state index in [0.29, 0.717) is 11.6 Å². The second kappa shape index (κ2) is 14.8. The Morgan fingerprint density at radius 1 is 0.403 bits per heavy atom. The van der Waals surface area contributed by atoms with Crippen LogP contribution in [0.1, 0.15) is 58.8 Å². The second-order valence-electron chi connectivity index (χ2n) is 16.5. The fourth-order valence-electron chi connectivity index (χ4n) is 10.3. The van der Waals surface area contributed by atoms with Gasteiger partial charge in [0.2, 0.25) is 0 Å². The highest BCUT2D eigenvalue weighted by molar-refractivity contribution is 5.92. The van der Waals surface area contributed by atoms with Crippen molar-refractivity contribution in [1.29, 1.82) is 0 Å². The number of aromatic nitrogens is 3. The summed E-state index contributed by atoms with van der Waals surface area (Å²) in [7, 11) is 0. The summed E-state index contributed by atoms with van der Waals surface area (Å²) in [6, 6.07) is 71.3. The first-order valence-electron chi connectivity index (χ1n) is 21.6. The van der Waals surface area contributed by atoms with Gasteiger partial charge in [-0.15, -0.1) is 0 Å². The molecule has 0 amide bonds. The highest BCUT2D eigenvalue weighted by atomic mass is 16.5. The zero-order valence-corrected chi connectivity index (χ0v) is 34.1. The Morgan fingerprint density at radius 2 is 0.935 bits per heavy atom. The van der Waals surface area contributed by atoms with Crippen LogP contribution < -0.4 is 4.74 Å². The molecule has 1 spiro atoms. The molecule has 3 aliphatic rings. The van der Waals surface area contributed by atoms with E-state index in [2.05, 4.69) is 200 Å².